The Morgan fingerprint density at radius 2 is 1.96 bits per heavy atom. The van der Waals surface area contributed by atoms with Gasteiger partial charge in [-0.1, -0.05) is 38.0 Å². The van der Waals surface area contributed by atoms with Gasteiger partial charge in [-0.25, -0.2) is 4.79 Å². The fourth-order valence-corrected chi connectivity index (χ4v) is 3.69. The van der Waals surface area contributed by atoms with Crippen LogP contribution in [0.1, 0.15) is 44.6 Å². The summed E-state index contributed by atoms with van der Waals surface area (Å²) in [4.78, 5) is 38.8. The third-order valence-electron chi connectivity index (χ3n) is 5.32. The second-order valence-corrected chi connectivity index (χ2v) is 7.41. The fourth-order valence-electron chi connectivity index (χ4n) is 3.69. The maximum atomic E-state index is 11.9. The summed E-state index contributed by atoms with van der Waals surface area (Å²) in [6, 6.07) is 7.41. The molecule has 1 fully saturated rings. The van der Waals surface area contributed by atoms with Crippen LogP contribution in [0, 0.1) is 5.92 Å². The Balaban J connectivity index is 1.36. The SMILES string of the molecule is C[C@H]1CCCC[C@H]1NC(=O)NC(=O)COC(=O)CCc1c[nH]c2ccccc12. The van der Waals surface area contributed by atoms with Crippen molar-refractivity contribution >= 4 is 28.8 Å². The van der Waals surface area contributed by atoms with Gasteiger partial charge in [0.2, 0.25) is 0 Å². The van der Waals surface area contributed by atoms with Gasteiger partial charge in [-0.2, -0.15) is 0 Å². The van der Waals surface area contributed by atoms with E-state index in [0.717, 1.165) is 35.7 Å². The topological polar surface area (TPSA) is 100 Å². The Hall–Kier alpha value is -2.83. The molecule has 7 heteroatoms. The van der Waals surface area contributed by atoms with Crippen molar-refractivity contribution in [1.29, 1.82) is 0 Å². The number of nitrogens with one attached hydrogen (secondary N) is 3. The van der Waals surface area contributed by atoms with Gasteiger partial charge in [-0.15, -0.1) is 0 Å². The maximum Gasteiger partial charge on any atom is 0.321 e. The van der Waals surface area contributed by atoms with E-state index in [9.17, 15) is 14.4 Å². The summed E-state index contributed by atoms with van der Waals surface area (Å²) in [5, 5.41) is 6.13. The van der Waals surface area contributed by atoms with Crippen LogP contribution in [0.5, 0.6) is 0 Å². The summed E-state index contributed by atoms with van der Waals surface area (Å²) in [6.07, 6.45) is 6.82. The number of aromatic nitrogens is 1. The Bertz CT molecular complexity index is 845. The lowest BCUT2D eigenvalue weighted by Crippen LogP contribution is -2.48. The Morgan fingerprint density at radius 1 is 1.18 bits per heavy atom. The van der Waals surface area contributed by atoms with Crippen molar-refractivity contribution < 1.29 is 19.1 Å². The highest BCUT2D eigenvalue weighted by Gasteiger charge is 2.23. The van der Waals surface area contributed by atoms with E-state index < -0.39 is 24.5 Å². The molecule has 0 saturated heterocycles. The minimum atomic E-state index is -0.624. The number of aromatic amines is 1. The molecule has 3 amide bonds. The number of aryl methyl sites for hydroxylation is 1. The van der Waals surface area contributed by atoms with Crippen LogP contribution in [0.3, 0.4) is 0 Å². The van der Waals surface area contributed by atoms with Gasteiger partial charge in [0.25, 0.3) is 5.91 Å². The van der Waals surface area contributed by atoms with Crippen LogP contribution in [0.2, 0.25) is 0 Å². The zero-order chi connectivity index (χ0) is 19.9. The molecule has 1 aliphatic carbocycles. The summed E-state index contributed by atoms with van der Waals surface area (Å²) in [5.74, 6) is -0.694. The number of rotatable bonds is 6. The highest BCUT2D eigenvalue weighted by atomic mass is 16.5. The smallest absolute Gasteiger partial charge is 0.321 e. The van der Waals surface area contributed by atoms with Gasteiger partial charge in [0, 0.05) is 29.6 Å². The average Bonchev–Trinajstić information content (AvgIpc) is 3.10. The number of ether oxygens (including phenoxy) is 1. The van der Waals surface area contributed by atoms with E-state index in [1.807, 2.05) is 30.5 Å². The number of hydrogen-bond donors (Lipinski definition) is 3. The highest BCUT2D eigenvalue weighted by Crippen LogP contribution is 2.23. The largest absolute Gasteiger partial charge is 0.456 e. The standard InChI is InChI=1S/C21H27N3O4/c1-14-6-2-4-8-17(14)23-21(27)24-19(25)13-28-20(26)11-10-15-12-22-18-9-5-3-7-16(15)18/h3,5,7,9,12,14,17,22H,2,4,6,8,10-11,13H2,1H3,(H2,23,24,25,27)/t14-,17+/m0/s1. The molecule has 0 spiro atoms. The molecule has 7 nitrogen and oxygen atoms in total. The molecule has 0 radical (unpaired) electrons. The van der Waals surface area contributed by atoms with Crippen molar-refractivity contribution in [3.05, 3.63) is 36.0 Å². The predicted molar refractivity (Wildman–Crippen MR) is 106 cm³/mol. The monoisotopic (exact) mass is 385 g/mol. The van der Waals surface area contributed by atoms with Gasteiger partial charge in [-0.3, -0.25) is 14.9 Å². The van der Waals surface area contributed by atoms with E-state index in [0.29, 0.717) is 12.3 Å². The first-order valence-electron chi connectivity index (χ1n) is 9.84. The van der Waals surface area contributed by atoms with Crippen LogP contribution >= 0.6 is 0 Å². The molecule has 3 N–H and O–H groups in total. The van der Waals surface area contributed by atoms with Crippen LogP contribution in [0.4, 0.5) is 4.79 Å². The van der Waals surface area contributed by atoms with Crippen molar-refractivity contribution in [1.82, 2.24) is 15.6 Å². The van der Waals surface area contributed by atoms with Crippen molar-refractivity contribution in [2.24, 2.45) is 5.92 Å². The van der Waals surface area contributed by atoms with Crippen LogP contribution < -0.4 is 10.6 Å². The van der Waals surface area contributed by atoms with Crippen molar-refractivity contribution in [2.45, 2.75) is 51.5 Å². The molecule has 3 rings (SSSR count). The number of para-hydroxylation sites is 1. The van der Waals surface area contributed by atoms with E-state index in [2.05, 4.69) is 22.5 Å². The molecule has 1 aromatic carbocycles. The molecule has 2 aromatic rings. The second kappa shape index (κ2) is 9.39. The molecule has 1 saturated carbocycles. The van der Waals surface area contributed by atoms with Crippen LogP contribution in [-0.4, -0.2) is 35.5 Å². The number of imide groups is 1. The summed E-state index contributed by atoms with van der Waals surface area (Å²) in [7, 11) is 0. The van der Waals surface area contributed by atoms with Crippen molar-refractivity contribution in [3.63, 3.8) is 0 Å². The summed E-state index contributed by atoms with van der Waals surface area (Å²) >= 11 is 0. The highest BCUT2D eigenvalue weighted by molar-refractivity contribution is 5.95. The van der Waals surface area contributed by atoms with E-state index in [-0.39, 0.29) is 12.5 Å². The lowest BCUT2D eigenvalue weighted by atomic mass is 9.86. The first-order valence-corrected chi connectivity index (χ1v) is 9.84. The average molecular weight is 385 g/mol. The normalized spacial score (nSPS) is 19.2. The molecule has 0 unspecified atom stereocenters. The van der Waals surface area contributed by atoms with E-state index in [1.165, 1.54) is 6.42 Å². The second-order valence-electron chi connectivity index (χ2n) is 7.41. The molecular formula is C21H27N3O4. The molecule has 0 bridgehead atoms. The van der Waals surface area contributed by atoms with Crippen molar-refractivity contribution in [2.75, 3.05) is 6.61 Å². The number of carbonyl (C=O) groups is 3. The fraction of sp³-hybridized carbons (Fsp3) is 0.476. The molecule has 0 aliphatic heterocycles. The number of benzene rings is 1. The molecule has 28 heavy (non-hydrogen) atoms. The number of H-pyrrole nitrogens is 1. The quantitative estimate of drug-likeness (QED) is 0.665. The zero-order valence-electron chi connectivity index (χ0n) is 16.1. The molecule has 1 aromatic heterocycles. The number of fused-ring (bicyclic) bond motifs is 1. The Kier molecular flexibility index (Phi) is 6.68. The minimum absolute atomic E-state index is 0.0836. The maximum absolute atomic E-state index is 11.9. The van der Waals surface area contributed by atoms with E-state index >= 15 is 0 Å². The summed E-state index contributed by atoms with van der Waals surface area (Å²) in [5.41, 5.74) is 2.04. The molecule has 150 valence electrons. The molecule has 1 aliphatic rings. The predicted octanol–water partition coefficient (Wildman–Crippen LogP) is 3.05. The third-order valence-corrected chi connectivity index (χ3v) is 5.32. The van der Waals surface area contributed by atoms with Crippen LogP contribution in [0.15, 0.2) is 30.5 Å². The number of carbonyl (C=O) groups excluding carboxylic acids is 3. The number of esters is 1. The van der Waals surface area contributed by atoms with Crippen molar-refractivity contribution in [3.8, 4) is 0 Å². The lowest BCUT2D eigenvalue weighted by Gasteiger charge is -2.29. The first kappa shape index (κ1) is 19.9. The number of hydrogen-bond acceptors (Lipinski definition) is 4. The van der Waals surface area contributed by atoms with Gasteiger partial charge in [0.1, 0.15) is 0 Å². The van der Waals surface area contributed by atoms with Gasteiger partial charge in [0.15, 0.2) is 6.61 Å². The van der Waals surface area contributed by atoms with Crippen LogP contribution in [-0.2, 0) is 20.7 Å². The number of amides is 3. The summed E-state index contributed by atoms with van der Waals surface area (Å²) in [6.45, 7) is 1.64. The first-order chi connectivity index (χ1) is 13.5. The van der Waals surface area contributed by atoms with Gasteiger partial charge >= 0.3 is 12.0 Å². The molecular weight excluding hydrogens is 358 g/mol. The van der Waals surface area contributed by atoms with Crippen LogP contribution in [0.25, 0.3) is 10.9 Å². The molecule has 2 atom stereocenters. The zero-order valence-corrected chi connectivity index (χ0v) is 16.1. The van der Waals surface area contributed by atoms with E-state index in [1.54, 1.807) is 0 Å². The van der Waals surface area contributed by atoms with Gasteiger partial charge < -0.3 is 15.0 Å². The minimum Gasteiger partial charge on any atom is -0.456 e. The summed E-state index contributed by atoms with van der Waals surface area (Å²) < 4.78 is 4.98. The van der Waals surface area contributed by atoms with E-state index in [4.69, 9.17) is 4.74 Å². The van der Waals surface area contributed by atoms with Gasteiger partial charge in [-0.05, 0) is 36.8 Å². The third kappa shape index (κ3) is 5.34. The number of urea groups is 1. The Morgan fingerprint density at radius 3 is 2.79 bits per heavy atom. The lowest BCUT2D eigenvalue weighted by molar-refractivity contribution is -0.148. The Labute approximate surface area is 164 Å². The molecule has 1 heterocycles. The van der Waals surface area contributed by atoms with Gasteiger partial charge in [0.05, 0.1) is 0 Å².